The van der Waals surface area contributed by atoms with Gasteiger partial charge < -0.3 is 10.1 Å². The van der Waals surface area contributed by atoms with E-state index >= 15 is 0 Å². The van der Waals surface area contributed by atoms with E-state index in [1.54, 1.807) is 43.3 Å². The monoisotopic (exact) mass is 528 g/mol. The van der Waals surface area contributed by atoms with Crippen molar-refractivity contribution in [2.45, 2.75) is 30.7 Å². The number of esters is 1. The van der Waals surface area contributed by atoms with Gasteiger partial charge >= 0.3 is 5.97 Å². The molecule has 0 heterocycles. The van der Waals surface area contributed by atoms with E-state index in [-0.39, 0.29) is 17.3 Å². The van der Waals surface area contributed by atoms with Gasteiger partial charge in [-0.3, -0.25) is 9.59 Å². The van der Waals surface area contributed by atoms with Gasteiger partial charge in [-0.2, -0.15) is 16.5 Å². The lowest BCUT2D eigenvalue weighted by Crippen LogP contribution is -2.44. The summed E-state index contributed by atoms with van der Waals surface area (Å²) in [6.07, 6.45) is 2.37. The predicted octanol–water partition coefficient (Wildman–Crippen LogP) is 3.59. The average Bonchev–Trinajstić information content (AvgIpc) is 2.73. The maximum absolute atomic E-state index is 12.8. The Morgan fingerprint density at radius 3 is 2.32 bits per heavy atom. The molecule has 0 saturated heterocycles. The van der Waals surface area contributed by atoms with Gasteiger partial charge in [0.1, 0.15) is 6.04 Å². The number of halogens is 1. The number of benzene rings is 2. The lowest BCUT2D eigenvalue weighted by Gasteiger charge is -2.18. The molecular formula is C21H25BrN2O5S2. The number of hydrogen-bond donors (Lipinski definition) is 2. The number of anilines is 1. The number of ether oxygens (including phenoxy) is 1. The van der Waals surface area contributed by atoms with Crippen LogP contribution < -0.4 is 10.0 Å². The molecule has 0 fully saturated rings. The fraction of sp³-hybridized carbons (Fsp3) is 0.333. The van der Waals surface area contributed by atoms with Gasteiger partial charge in [-0.15, -0.1) is 0 Å². The molecule has 7 nitrogen and oxygen atoms in total. The Labute approximate surface area is 195 Å². The number of rotatable bonds is 11. The van der Waals surface area contributed by atoms with Gasteiger partial charge in [0.15, 0.2) is 0 Å². The van der Waals surface area contributed by atoms with Gasteiger partial charge in [-0.1, -0.05) is 28.1 Å². The lowest BCUT2D eigenvalue weighted by molar-refractivity contribution is -0.142. The molecule has 0 spiro atoms. The molecule has 0 aromatic heterocycles. The van der Waals surface area contributed by atoms with E-state index in [2.05, 4.69) is 26.0 Å². The highest BCUT2D eigenvalue weighted by molar-refractivity contribution is 9.10. The molecule has 0 aliphatic rings. The molecular weight excluding hydrogens is 504 g/mol. The molecule has 0 aliphatic heterocycles. The van der Waals surface area contributed by atoms with Crippen molar-refractivity contribution in [1.29, 1.82) is 0 Å². The topological polar surface area (TPSA) is 102 Å². The molecule has 168 valence electrons. The third kappa shape index (κ3) is 8.29. The first-order valence-electron chi connectivity index (χ1n) is 9.57. The molecule has 0 unspecified atom stereocenters. The van der Waals surface area contributed by atoms with Crippen molar-refractivity contribution in [3.63, 3.8) is 0 Å². The standard InChI is InChI=1S/C21H25BrN2O5S2/c1-3-29-20(25)14-15-4-8-17(9-5-15)23-21(26)19(12-13-30-2)24-31(27,28)18-10-6-16(22)7-11-18/h4-11,19,24H,3,12-14H2,1-2H3,(H,23,26)/t19-/m0/s1. The molecule has 2 aromatic rings. The van der Waals surface area contributed by atoms with Gasteiger partial charge in [-0.05, 0) is 67.3 Å². The summed E-state index contributed by atoms with van der Waals surface area (Å²) in [5, 5.41) is 2.74. The summed E-state index contributed by atoms with van der Waals surface area (Å²) in [6.45, 7) is 2.07. The van der Waals surface area contributed by atoms with Crippen LogP contribution in [0.1, 0.15) is 18.9 Å². The highest BCUT2D eigenvalue weighted by atomic mass is 79.9. The third-order valence-corrected chi connectivity index (χ3v) is 6.88. The van der Waals surface area contributed by atoms with Crippen LogP contribution in [0.3, 0.4) is 0 Å². The molecule has 31 heavy (non-hydrogen) atoms. The highest BCUT2D eigenvalue weighted by Crippen LogP contribution is 2.17. The van der Waals surface area contributed by atoms with Crippen LogP contribution in [0.5, 0.6) is 0 Å². The van der Waals surface area contributed by atoms with Crippen LogP contribution in [-0.4, -0.2) is 45.0 Å². The molecule has 2 rings (SSSR count). The number of sulfonamides is 1. The van der Waals surface area contributed by atoms with Crippen molar-refractivity contribution in [3.8, 4) is 0 Å². The predicted molar refractivity (Wildman–Crippen MR) is 127 cm³/mol. The maximum atomic E-state index is 12.8. The Hall–Kier alpha value is -1.88. The quantitative estimate of drug-likeness (QED) is 0.432. The Morgan fingerprint density at radius 1 is 1.10 bits per heavy atom. The van der Waals surface area contributed by atoms with E-state index in [9.17, 15) is 18.0 Å². The number of carbonyl (C=O) groups is 2. The SMILES string of the molecule is CCOC(=O)Cc1ccc(NC(=O)[C@H](CCSC)NS(=O)(=O)c2ccc(Br)cc2)cc1. The molecule has 1 atom stereocenters. The number of amides is 1. The number of hydrogen-bond acceptors (Lipinski definition) is 6. The zero-order valence-corrected chi connectivity index (χ0v) is 20.5. The van der Waals surface area contributed by atoms with Crippen molar-refractivity contribution in [2.24, 2.45) is 0 Å². The van der Waals surface area contributed by atoms with Crippen molar-refractivity contribution >= 4 is 55.3 Å². The number of carbonyl (C=O) groups excluding carboxylic acids is 2. The first-order chi connectivity index (χ1) is 14.7. The van der Waals surface area contributed by atoms with Crippen molar-refractivity contribution in [1.82, 2.24) is 4.72 Å². The second-order valence-corrected chi connectivity index (χ2v) is 10.2. The van der Waals surface area contributed by atoms with E-state index in [1.807, 2.05) is 6.26 Å². The van der Waals surface area contributed by atoms with Crippen molar-refractivity contribution in [3.05, 3.63) is 58.6 Å². The fourth-order valence-corrected chi connectivity index (χ4v) is 4.63. The average molecular weight is 529 g/mol. The van der Waals surface area contributed by atoms with Crippen molar-refractivity contribution in [2.75, 3.05) is 23.9 Å². The summed E-state index contributed by atoms with van der Waals surface area (Å²) >= 11 is 4.80. The molecule has 2 N–H and O–H groups in total. The second kappa shape index (κ2) is 12.2. The largest absolute Gasteiger partial charge is 0.466 e. The van der Waals surface area contributed by atoms with Crippen molar-refractivity contribution < 1.29 is 22.7 Å². The summed E-state index contributed by atoms with van der Waals surface area (Å²) < 4.78 is 33.6. The molecule has 10 heteroatoms. The molecule has 0 radical (unpaired) electrons. The van der Waals surface area contributed by atoms with Crippen LogP contribution in [0.15, 0.2) is 57.9 Å². The van der Waals surface area contributed by atoms with Crippen LogP contribution in [0.25, 0.3) is 0 Å². The maximum Gasteiger partial charge on any atom is 0.310 e. The summed E-state index contributed by atoms with van der Waals surface area (Å²) in [7, 11) is -3.86. The zero-order chi connectivity index (χ0) is 22.9. The van der Waals surface area contributed by atoms with Crippen LogP contribution in [0, 0.1) is 0 Å². The number of thioether (sulfide) groups is 1. The first-order valence-corrected chi connectivity index (χ1v) is 13.2. The normalized spacial score (nSPS) is 12.2. The zero-order valence-electron chi connectivity index (χ0n) is 17.3. The summed E-state index contributed by atoms with van der Waals surface area (Å²) in [5.41, 5.74) is 1.26. The Bertz CT molecular complexity index is 980. The Balaban J connectivity index is 2.08. The number of nitrogens with one attached hydrogen (secondary N) is 2. The molecule has 1 amide bonds. The van der Waals surface area contributed by atoms with Crippen LogP contribution in [0.4, 0.5) is 5.69 Å². The molecule has 0 saturated carbocycles. The molecule has 0 bridgehead atoms. The second-order valence-electron chi connectivity index (χ2n) is 6.58. The van der Waals surface area contributed by atoms with Gasteiger partial charge in [0.2, 0.25) is 15.9 Å². The lowest BCUT2D eigenvalue weighted by atomic mass is 10.1. The highest BCUT2D eigenvalue weighted by Gasteiger charge is 2.25. The van der Waals surface area contributed by atoms with E-state index in [1.165, 1.54) is 23.9 Å². The Morgan fingerprint density at radius 2 is 1.74 bits per heavy atom. The van der Waals surface area contributed by atoms with Gasteiger partial charge in [0, 0.05) is 10.2 Å². The molecule has 2 aromatic carbocycles. The van der Waals surface area contributed by atoms with Gasteiger partial charge in [-0.25, -0.2) is 8.42 Å². The molecule has 0 aliphatic carbocycles. The fourth-order valence-electron chi connectivity index (χ4n) is 2.66. The van der Waals surface area contributed by atoms with E-state index < -0.39 is 22.0 Å². The minimum Gasteiger partial charge on any atom is -0.466 e. The minimum absolute atomic E-state index is 0.0842. The van der Waals surface area contributed by atoms with E-state index in [0.29, 0.717) is 24.5 Å². The third-order valence-electron chi connectivity index (χ3n) is 4.22. The first kappa shape index (κ1) is 25.4. The van der Waals surface area contributed by atoms with Crippen LogP contribution in [0.2, 0.25) is 0 Å². The van der Waals surface area contributed by atoms with Crippen LogP contribution >= 0.6 is 27.7 Å². The van der Waals surface area contributed by atoms with Gasteiger partial charge in [0.25, 0.3) is 0 Å². The summed E-state index contributed by atoms with van der Waals surface area (Å²) in [5.74, 6) is -0.161. The smallest absolute Gasteiger partial charge is 0.310 e. The summed E-state index contributed by atoms with van der Waals surface area (Å²) in [4.78, 5) is 24.5. The van der Waals surface area contributed by atoms with Crippen LogP contribution in [-0.2, 0) is 30.8 Å². The van der Waals surface area contributed by atoms with E-state index in [0.717, 1.165) is 10.0 Å². The van der Waals surface area contributed by atoms with Gasteiger partial charge in [0.05, 0.1) is 17.9 Å². The summed E-state index contributed by atoms with van der Waals surface area (Å²) in [6, 6.07) is 12.0. The minimum atomic E-state index is -3.86. The Kier molecular flexibility index (Phi) is 10.0. The van der Waals surface area contributed by atoms with E-state index in [4.69, 9.17) is 4.74 Å².